The maximum absolute atomic E-state index is 12.3. The summed E-state index contributed by atoms with van der Waals surface area (Å²) in [6.45, 7) is 3.88. The Morgan fingerprint density at radius 2 is 1.92 bits per heavy atom. The quantitative estimate of drug-likeness (QED) is 0.708. The molecule has 3 atom stereocenters. The molecule has 1 fully saturated rings. The summed E-state index contributed by atoms with van der Waals surface area (Å²) < 4.78 is 16.3. The van der Waals surface area contributed by atoms with Gasteiger partial charge in [-0.3, -0.25) is 4.79 Å². The van der Waals surface area contributed by atoms with Crippen LogP contribution in [-0.4, -0.2) is 47.9 Å². The van der Waals surface area contributed by atoms with E-state index in [9.17, 15) is 19.5 Å². The van der Waals surface area contributed by atoms with Crippen LogP contribution in [0.15, 0.2) is 24.3 Å². The number of carbonyl (C=O) groups is 3. The van der Waals surface area contributed by atoms with Gasteiger partial charge in [-0.05, 0) is 25.5 Å². The molecule has 7 heteroatoms. The van der Waals surface area contributed by atoms with Crippen molar-refractivity contribution in [3.8, 4) is 0 Å². The molecule has 1 aromatic carbocycles. The van der Waals surface area contributed by atoms with E-state index in [1.54, 1.807) is 19.1 Å². The Morgan fingerprint density at radius 1 is 1.23 bits per heavy atom. The molecule has 0 bridgehead atoms. The summed E-state index contributed by atoms with van der Waals surface area (Å²) in [6.07, 6.45) is 1.24. The number of aromatic carboxylic acids is 1. The first-order chi connectivity index (χ1) is 12.4. The third-order valence-corrected chi connectivity index (χ3v) is 4.23. The Balaban J connectivity index is 1.89. The van der Waals surface area contributed by atoms with Crippen molar-refractivity contribution in [3.05, 3.63) is 35.4 Å². The fourth-order valence-electron chi connectivity index (χ4n) is 2.78. The van der Waals surface area contributed by atoms with Gasteiger partial charge in [0.1, 0.15) is 12.7 Å². The molecule has 0 unspecified atom stereocenters. The van der Waals surface area contributed by atoms with Crippen LogP contribution in [-0.2, 0) is 19.0 Å². The van der Waals surface area contributed by atoms with Gasteiger partial charge < -0.3 is 19.3 Å². The summed E-state index contributed by atoms with van der Waals surface area (Å²) in [7, 11) is 0. The molecule has 0 spiro atoms. The van der Waals surface area contributed by atoms with Crippen LogP contribution in [0.1, 0.15) is 60.2 Å². The lowest BCUT2D eigenvalue weighted by atomic mass is 10.1. The number of rotatable bonds is 8. The molecule has 2 rings (SSSR count). The van der Waals surface area contributed by atoms with Gasteiger partial charge in [0.25, 0.3) is 0 Å². The minimum Gasteiger partial charge on any atom is -0.478 e. The molecule has 7 nitrogen and oxygen atoms in total. The summed E-state index contributed by atoms with van der Waals surface area (Å²) in [5.41, 5.74) is -0.105. The van der Waals surface area contributed by atoms with Crippen LogP contribution in [0.3, 0.4) is 0 Å². The number of carbonyl (C=O) groups excluding carboxylic acids is 2. The van der Waals surface area contributed by atoms with Crippen molar-refractivity contribution in [1.29, 1.82) is 0 Å². The predicted molar refractivity (Wildman–Crippen MR) is 92.0 cm³/mol. The first kappa shape index (κ1) is 19.9. The van der Waals surface area contributed by atoms with Gasteiger partial charge in [0.15, 0.2) is 0 Å². The molecule has 1 aliphatic rings. The van der Waals surface area contributed by atoms with E-state index >= 15 is 0 Å². The van der Waals surface area contributed by atoms with E-state index in [1.807, 2.05) is 6.92 Å². The lowest BCUT2D eigenvalue weighted by Gasteiger charge is -2.15. The fourth-order valence-corrected chi connectivity index (χ4v) is 2.78. The molecule has 1 aliphatic heterocycles. The third-order valence-electron chi connectivity index (χ3n) is 4.23. The fraction of sp³-hybridized carbons (Fsp3) is 0.526. The summed E-state index contributed by atoms with van der Waals surface area (Å²) >= 11 is 0. The number of hydrogen-bond acceptors (Lipinski definition) is 6. The lowest BCUT2D eigenvalue weighted by molar-refractivity contribution is -0.147. The summed E-state index contributed by atoms with van der Waals surface area (Å²) in [4.78, 5) is 35.1. The minimum atomic E-state index is -1.19. The maximum Gasteiger partial charge on any atom is 0.339 e. The smallest absolute Gasteiger partial charge is 0.339 e. The molecule has 0 saturated carbocycles. The highest BCUT2D eigenvalue weighted by atomic mass is 16.6. The van der Waals surface area contributed by atoms with E-state index < -0.39 is 18.0 Å². The molecular weight excluding hydrogens is 340 g/mol. The van der Waals surface area contributed by atoms with E-state index in [-0.39, 0.29) is 35.9 Å². The summed E-state index contributed by atoms with van der Waals surface area (Å²) in [5.74, 6) is -2.16. The highest BCUT2D eigenvalue weighted by Gasteiger charge is 2.36. The van der Waals surface area contributed by atoms with Crippen LogP contribution in [0, 0.1) is 0 Å². The predicted octanol–water partition coefficient (Wildman–Crippen LogP) is 2.82. The van der Waals surface area contributed by atoms with Crippen LogP contribution in [0.4, 0.5) is 0 Å². The van der Waals surface area contributed by atoms with Crippen LogP contribution in [0.2, 0.25) is 0 Å². The molecule has 1 aromatic rings. The van der Waals surface area contributed by atoms with Gasteiger partial charge in [0.2, 0.25) is 0 Å². The maximum atomic E-state index is 12.3. The number of hydrogen-bond donors (Lipinski definition) is 1. The monoisotopic (exact) mass is 364 g/mol. The molecule has 1 heterocycles. The highest BCUT2D eigenvalue weighted by molar-refractivity contribution is 6.02. The largest absolute Gasteiger partial charge is 0.478 e. The van der Waals surface area contributed by atoms with Crippen molar-refractivity contribution in [2.45, 2.75) is 57.8 Å². The first-order valence-corrected chi connectivity index (χ1v) is 8.76. The van der Waals surface area contributed by atoms with Gasteiger partial charge in [-0.1, -0.05) is 25.5 Å². The molecule has 1 saturated heterocycles. The molecule has 0 aliphatic carbocycles. The van der Waals surface area contributed by atoms with Crippen molar-refractivity contribution in [2.75, 3.05) is 6.61 Å². The van der Waals surface area contributed by atoms with Gasteiger partial charge in [-0.25, -0.2) is 9.59 Å². The second-order valence-electron chi connectivity index (χ2n) is 6.28. The first-order valence-electron chi connectivity index (χ1n) is 8.76. The van der Waals surface area contributed by atoms with E-state index in [1.165, 1.54) is 12.1 Å². The van der Waals surface area contributed by atoms with Crippen LogP contribution in [0.5, 0.6) is 0 Å². The summed E-state index contributed by atoms with van der Waals surface area (Å²) in [6, 6.07) is 5.89. The number of carboxylic acid groups (broad SMARTS) is 1. The Morgan fingerprint density at radius 3 is 2.58 bits per heavy atom. The van der Waals surface area contributed by atoms with E-state index in [4.69, 9.17) is 14.2 Å². The van der Waals surface area contributed by atoms with Crippen molar-refractivity contribution >= 4 is 17.9 Å². The Bertz CT molecular complexity index is 655. The number of carboxylic acids is 1. The number of unbranched alkanes of at least 4 members (excludes halogenated alkanes) is 1. The van der Waals surface area contributed by atoms with E-state index in [0.717, 1.165) is 12.8 Å². The van der Waals surface area contributed by atoms with Crippen molar-refractivity contribution in [3.63, 3.8) is 0 Å². The second-order valence-corrected chi connectivity index (χ2v) is 6.28. The van der Waals surface area contributed by atoms with Crippen molar-refractivity contribution in [1.82, 2.24) is 0 Å². The molecule has 1 N–H and O–H groups in total. The Labute approximate surface area is 152 Å². The zero-order valence-electron chi connectivity index (χ0n) is 15.0. The second kappa shape index (κ2) is 9.33. The van der Waals surface area contributed by atoms with Crippen molar-refractivity contribution in [2.24, 2.45) is 0 Å². The average Bonchev–Trinajstić information content (AvgIpc) is 2.97. The zero-order valence-corrected chi connectivity index (χ0v) is 15.0. The number of esters is 2. The van der Waals surface area contributed by atoms with Crippen LogP contribution < -0.4 is 0 Å². The lowest BCUT2D eigenvalue weighted by Crippen LogP contribution is -2.25. The topological polar surface area (TPSA) is 99.1 Å². The van der Waals surface area contributed by atoms with Gasteiger partial charge in [0.05, 0.1) is 23.3 Å². The van der Waals surface area contributed by atoms with Crippen LogP contribution in [0.25, 0.3) is 0 Å². The molecule has 0 aromatic heterocycles. The standard InChI is InChI=1S/C19H24O7/c1-3-4-9-17(20)24-11-13-10-16(12(2)25-13)26-19(23)15-8-6-5-7-14(15)18(21)22/h5-8,12-13,16H,3-4,9-11H2,1-2H3,(H,21,22)/t12-,13-,16+/m0/s1. The molecule has 142 valence electrons. The highest BCUT2D eigenvalue weighted by Crippen LogP contribution is 2.25. The Hall–Kier alpha value is -2.41. The van der Waals surface area contributed by atoms with Gasteiger partial charge >= 0.3 is 17.9 Å². The third kappa shape index (κ3) is 5.29. The van der Waals surface area contributed by atoms with Crippen LogP contribution >= 0.6 is 0 Å². The molecular formula is C19H24O7. The molecule has 26 heavy (non-hydrogen) atoms. The van der Waals surface area contributed by atoms with E-state index in [0.29, 0.717) is 12.8 Å². The van der Waals surface area contributed by atoms with Gasteiger partial charge in [-0.2, -0.15) is 0 Å². The number of benzene rings is 1. The van der Waals surface area contributed by atoms with Gasteiger partial charge in [-0.15, -0.1) is 0 Å². The number of ether oxygens (including phenoxy) is 3. The normalized spacial score (nSPS) is 22.0. The van der Waals surface area contributed by atoms with Gasteiger partial charge in [0, 0.05) is 12.8 Å². The molecule has 0 radical (unpaired) electrons. The minimum absolute atomic E-state index is 0.00152. The van der Waals surface area contributed by atoms with E-state index in [2.05, 4.69) is 0 Å². The average molecular weight is 364 g/mol. The SMILES string of the molecule is CCCCC(=O)OC[C@@H]1C[C@@H](OC(=O)c2ccccc2C(=O)O)[C@H](C)O1. The molecule has 0 amide bonds. The Kier molecular flexibility index (Phi) is 7.15. The summed E-state index contributed by atoms with van der Waals surface area (Å²) in [5, 5.41) is 9.17. The zero-order chi connectivity index (χ0) is 19.1. The van der Waals surface area contributed by atoms with Crippen molar-refractivity contribution < 1.29 is 33.7 Å².